The van der Waals surface area contributed by atoms with Gasteiger partial charge in [-0.2, -0.15) is 0 Å². The van der Waals surface area contributed by atoms with Gasteiger partial charge < -0.3 is 16.0 Å². The number of nitro groups is 1. The largest absolute Gasteiger partial charge is 0.378 e. The van der Waals surface area contributed by atoms with Gasteiger partial charge in [-0.15, -0.1) is 24.0 Å². The maximum absolute atomic E-state index is 11.5. The van der Waals surface area contributed by atoms with Crippen LogP contribution in [0.5, 0.6) is 0 Å². The molecule has 1 aromatic rings. The van der Waals surface area contributed by atoms with Crippen molar-refractivity contribution in [3.05, 3.63) is 34.4 Å². The highest BCUT2D eigenvalue weighted by atomic mass is 127. The third-order valence-electron chi connectivity index (χ3n) is 3.72. The van der Waals surface area contributed by atoms with Crippen molar-refractivity contribution in [1.29, 1.82) is 0 Å². The van der Waals surface area contributed by atoms with Crippen LogP contribution in [0.1, 0.15) is 13.3 Å². The summed E-state index contributed by atoms with van der Waals surface area (Å²) in [7, 11) is -2.95. The molecule has 1 aromatic carbocycles. The second-order valence-corrected chi connectivity index (χ2v) is 7.93. The lowest BCUT2D eigenvalue weighted by Gasteiger charge is -2.16. The van der Waals surface area contributed by atoms with Gasteiger partial charge in [0, 0.05) is 25.2 Å². The predicted molar refractivity (Wildman–Crippen MR) is 113 cm³/mol. The van der Waals surface area contributed by atoms with E-state index >= 15 is 0 Å². The molecular formula is C15H24IN5O4S. The highest BCUT2D eigenvalue weighted by molar-refractivity contribution is 14.0. The molecule has 1 aliphatic rings. The average Bonchev–Trinajstić information content (AvgIpc) is 2.90. The van der Waals surface area contributed by atoms with Gasteiger partial charge in [-0.25, -0.2) is 8.42 Å². The fraction of sp³-hybridized carbons (Fsp3) is 0.533. The second-order valence-electron chi connectivity index (χ2n) is 5.71. The molecular weight excluding hydrogens is 473 g/mol. The number of guanidine groups is 1. The van der Waals surface area contributed by atoms with Crippen molar-refractivity contribution in [3.8, 4) is 0 Å². The molecule has 9 nitrogen and oxygen atoms in total. The van der Waals surface area contributed by atoms with Crippen LogP contribution in [-0.2, 0) is 9.84 Å². The number of halogens is 1. The molecule has 1 saturated heterocycles. The molecule has 1 fully saturated rings. The zero-order valence-electron chi connectivity index (χ0n) is 14.5. The van der Waals surface area contributed by atoms with E-state index in [1.54, 1.807) is 18.2 Å². The molecule has 0 spiro atoms. The van der Waals surface area contributed by atoms with E-state index in [0.717, 1.165) is 0 Å². The van der Waals surface area contributed by atoms with E-state index in [2.05, 4.69) is 20.9 Å². The second kappa shape index (κ2) is 10.5. The van der Waals surface area contributed by atoms with Crippen LogP contribution in [0, 0.1) is 10.1 Å². The predicted octanol–water partition coefficient (Wildman–Crippen LogP) is 1.37. The Hall–Kier alpha value is -1.63. The number of nitrogens with zero attached hydrogens (tertiary/aromatic N) is 2. The standard InChI is InChI=1S/C15H23N5O4S.HI/c1-2-16-15(19-12-7-10-25(23,24)11-12)18-9-8-17-13-5-3-4-6-14(13)20(21)22;/h3-6,12,17H,2,7-11H2,1H3,(H2,16,18,19);1H. The molecule has 0 aliphatic carbocycles. The Morgan fingerprint density at radius 1 is 1.38 bits per heavy atom. The quantitative estimate of drug-likeness (QED) is 0.130. The van der Waals surface area contributed by atoms with Crippen molar-refractivity contribution in [1.82, 2.24) is 10.6 Å². The van der Waals surface area contributed by atoms with Gasteiger partial charge >= 0.3 is 0 Å². The Balaban J connectivity index is 0.00000338. The molecule has 1 unspecified atom stereocenters. The third kappa shape index (κ3) is 6.94. The lowest BCUT2D eigenvalue weighted by atomic mass is 10.2. The van der Waals surface area contributed by atoms with Gasteiger partial charge in [-0.05, 0) is 19.4 Å². The van der Waals surface area contributed by atoms with Crippen molar-refractivity contribution in [2.24, 2.45) is 4.99 Å². The van der Waals surface area contributed by atoms with Crippen molar-refractivity contribution in [2.75, 3.05) is 36.5 Å². The van der Waals surface area contributed by atoms with Crippen LogP contribution in [0.25, 0.3) is 0 Å². The lowest BCUT2D eigenvalue weighted by Crippen LogP contribution is -2.44. The third-order valence-corrected chi connectivity index (χ3v) is 5.48. The first-order chi connectivity index (χ1) is 11.9. The summed E-state index contributed by atoms with van der Waals surface area (Å²) < 4.78 is 23.0. The molecule has 3 N–H and O–H groups in total. The van der Waals surface area contributed by atoms with Crippen LogP contribution in [0.15, 0.2) is 29.3 Å². The normalized spacial score (nSPS) is 18.7. The zero-order chi connectivity index (χ0) is 18.3. The van der Waals surface area contributed by atoms with Crippen molar-refractivity contribution >= 4 is 51.1 Å². The van der Waals surface area contributed by atoms with Crippen molar-refractivity contribution < 1.29 is 13.3 Å². The molecule has 0 aromatic heterocycles. The van der Waals surface area contributed by atoms with E-state index in [4.69, 9.17) is 0 Å². The number of hydrogen-bond acceptors (Lipinski definition) is 6. The number of aliphatic imine (C=N–C) groups is 1. The Labute approximate surface area is 170 Å². The van der Waals surface area contributed by atoms with Gasteiger partial charge in [0.25, 0.3) is 5.69 Å². The summed E-state index contributed by atoms with van der Waals surface area (Å²) in [6.07, 6.45) is 0.571. The molecule has 11 heteroatoms. The minimum absolute atomic E-state index is 0. The fourth-order valence-corrected chi connectivity index (χ4v) is 4.24. The zero-order valence-corrected chi connectivity index (χ0v) is 17.6. The summed E-state index contributed by atoms with van der Waals surface area (Å²) in [5, 5.41) is 20.2. The van der Waals surface area contributed by atoms with E-state index < -0.39 is 14.8 Å². The number of sulfone groups is 1. The molecule has 146 valence electrons. The summed E-state index contributed by atoms with van der Waals surface area (Å²) in [5.74, 6) is 0.865. The number of nitro benzene ring substituents is 1. The molecule has 0 bridgehead atoms. The molecule has 0 saturated carbocycles. The Morgan fingerprint density at radius 2 is 2.12 bits per heavy atom. The smallest absolute Gasteiger partial charge is 0.292 e. The SMILES string of the molecule is CCNC(=NCCNc1ccccc1[N+](=O)[O-])NC1CCS(=O)(=O)C1.I. The Kier molecular flexibility index (Phi) is 9.05. The Bertz CT molecular complexity index is 741. The van der Waals surface area contributed by atoms with Crippen LogP contribution < -0.4 is 16.0 Å². The first-order valence-electron chi connectivity index (χ1n) is 8.14. The summed E-state index contributed by atoms with van der Waals surface area (Å²) in [5.41, 5.74) is 0.468. The highest BCUT2D eigenvalue weighted by Gasteiger charge is 2.28. The van der Waals surface area contributed by atoms with Crippen LogP contribution in [0.4, 0.5) is 11.4 Å². The number of para-hydroxylation sites is 2. The van der Waals surface area contributed by atoms with Gasteiger partial charge in [0.1, 0.15) is 5.69 Å². The maximum atomic E-state index is 11.5. The minimum atomic E-state index is -2.95. The molecule has 26 heavy (non-hydrogen) atoms. The van der Waals surface area contributed by atoms with Crippen LogP contribution in [0.2, 0.25) is 0 Å². The molecule has 2 rings (SSSR count). The summed E-state index contributed by atoms with van der Waals surface area (Å²) in [6, 6.07) is 6.30. The monoisotopic (exact) mass is 497 g/mol. The first-order valence-corrected chi connectivity index (χ1v) is 9.96. The number of anilines is 1. The number of hydrogen-bond donors (Lipinski definition) is 3. The van der Waals surface area contributed by atoms with Crippen molar-refractivity contribution in [3.63, 3.8) is 0 Å². The molecule has 1 aliphatic heterocycles. The summed E-state index contributed by atoms with van der Waals surface area (Å²) in [4.78, 5) is 14.9. The van der Waals surface area contributed by atoms with Crippen molar-refractivity contribution in [2.45, 2.75) is 19.4 Å². The molecule has 1 heterocycles. The average molecular weight is 497 g/mol. The van der Waals surface area contributed by atoms with Gasteiger partial charge in [0.2, 0.25) is 0 Å². The van der Waals surface area contributed by atoms with Gasteiger partial charge in [0.05, 0.1) is 23.0 Å². The highest BCUT2D eigenvalue weighted by Crippen LogP contribution is 2.22. The fourth-order valence-electron chi connectivity index (χ4n) is 2.56. The van der Waals surface area contributed by atoms with Crippen LogP contribution >= 0.6 is 24.0 Å². The summed E-state index contributed by atoms with van der Waals surface area (Å²) >= 11 is 0. The maximum Gasteiger partial charge on any atom is 0.292 e. The first kappa shape index (κ1) is 22.4. The minimum Gasteiger partial charge on any atom is -0.378 e. The topological polar surface area (TPSA) is 126 Å². The number of benzene rings is 1. The van der Waals surface area contributed by atoms with E-state index in [1.807, 2.05) is 6.92 Å². The van der Waals surface area contributed by atoms with E-state index in [-0.39, 0.29) is 47.2 Å². The van der Waals surface area contributed by atoms with Crippen LogP contribution in [0.3, 0.4) is 0 Å². The molecule has 0 radical (unpaired) electrons. The molecule has 1 atom stereocenters. The molecule has 0 amide bonds. The van der Waals surface area contributed by atoms with Gasteiger partial charge in [-0.1, -0.05) is 12.1 Å². The number of nitrogens with one attached hydrogen (secondary N) is 3. The van der Waals surface area contributed by atoms with E-state index in [1.165, 1.54) is 6.07 Å². The van der Waals surface area contributed by atoms with E-state index in [9.17, 15) is 18.5 Å². The van der Waals surface area contributed by atoms with Crippen LogP contribution in [-0.4, -0.2) is 56.5 Å². The summed E-state index contributed by atoms with van der Waals surface area (Å²) in [6.45, 7) is 3.39. The van der Waals surface area contributed by atoms with Gasteiger partial charge in [-0.3, -0.25) is 15.1 Å². The Morgan fingerprint density at radius 3 is 2.73 bits per heavy atom. The lowest BCUT2D eigenvalue weighted by molar-refractivity contribution is -0.384. The number of rotatable bonds is 7. The van der Waals surface area contributed by atoms with Gasteiger partial charge in [0.15, 0.2) is 15.8 Å². The van der Waals surface area contributed by atoms with E-state index in [0.29, 0.717) is 37.7 Å².